The molecule has 0 saturated heterocycles. The van der Waals surface area contributed by atoms with E-state index in [2.05, 4.69) is 20.6 Å². The Bertz CT molecular complexity index is 930. The summed E-state index contributed by atoms with van der Waals surface area (Å²) < 4.78 is 26.2. The van der Waals surface area contributed by atoms with Gasteiger partial charge in [0.05, 0.1) is 0 Å². The highest BCUT2D eigenvalue weighted by molar-refractivity contribution is 6.03. The van der Waals surface area contributed by atoms with Gasteiger partial charge >= 0.3 is 0 Å². The van der Waals surface area contributed by atoms with Crippen molar-refractivity contribution in [2.45, 2.75) is 6.92 Å². The van der Waals surface area contributed by atoms with Crippen molar-refractivity contribution in [2.75, 3.05) is 10.6 Å². The van der Waals surface area contributed by atoms with E-state index >= 15 is 0 Å². The molecular formula is C18H14F2N4O. The van der Waals surface area contributed by atoms with E-state index in [0.717, 1.165) is 17.7 Å². The number of halogens is 2. The lowest BCUT2D eigenvalue weighted by atomic mass is 10.2. The molecule has 1 amide bonds. The Balaban J connectivity index is 1.77. The van der Waals surface area contributed by atoms with Crippen LogP contribution in [0.5, 0.6) is 0 Å². The van der Waals surface area contributed by atoms with Crippen LogP contribution >= 0.6 is 0 Å². The number of para-hydroxylation sites is 1. The van der Waals surface area contributed by atoms with Crippen molar-refractivity contribution >= 4 is 23.1 Å². The zero-order chi connectivity index (χ0) is 17.8. The molecule has 0 atom stereocenters. The zero-order valence-electron chi connectivity index (χ0n) is 13.3. The molecule has 2 aromatic carbocycles. The van der Waals surface area contributed by atoms with Gasteiger partial charge in [0.1, 0.15) is 17.8 Å². The first kappa shape index (κ1) is 16.5. The number of benzene rings is 2. The summed E-state index contributed by atoms with van der Waals surface area (Å²) in [6, 6.07) is 12.2. The maximum absolute atomic E-state index is 13.3. The molecule has 0 spiro atoms. The van der Waals surface area contributed by atoms with Crippen molar-refractivity contribution < 1.29 is 13.6 Å². The van der Waals surface area contributed by atoms with E-state index in [1.165, 1.54) is 18.5 Å². The van der Waals surface area contributed by atoms with Gasteiger partial charge in [0.15, 0.2) is 11.6 Å². The molecule has 0 saturated carbocycles. The Morgan fingerprint density at radius 1 is 1.00 bits per heavy atom. The number of carbonyl (C=O) groups is 1. The summed E-state index contributed by atoms with van der Waals surface area (Å²) >= 11 is 0. The van der Waals surface area contributed by atoms with Crippen LogP contribution in [0.4, 0.5) is 26.0 Å². The Kier molecular flexibility index (Phi) is 4.65. The molecule has 2 N–H and O–H groups in total. The van der Waals surface area contributed by atoms with E-state index in [4.69, 9.17) is 0 Å². The second-order valence-corrected chi connectivity index (χ2v) is 5.31. The summed E-state index contributed by atoms with van der Waals surface area (Å²) in [7, 11) is 0. The first-order valence-electron chi connectivity index (χ1n) is 7.44. The molecule has 1 aromatic heterocycles. The second-order valence-electron chi connectivity index (χ2n) is 5.31. The summed E-state index contributed by atoms with van der Waals surface area (Å²) in [6.45, 7) is 1.88. The number of nitrogens with one attached hydrogen (secondary N) is 2. The van der Waals surface area contributed by atoms with E-state index in [-0.39, 0.29) is 11.5 Å². The molecule has 3 rings (SSSR count). The molecule has 3 aromatic rings. The van der Waals surface area contributed by atoms with Crippen LogP contribution in [0, 0.1) is 18.6 Å². The van der Waals surface area contributed by atoms with Crippen LogP contribution in [0.2, 0.25) is 0 Å². The summed E-state index contributed by atoms with van der Waals surface area (Å²) in [6.07, 6.45) is 1.22. The van der Waals surface area contributed by atoms with Gasteiger partial charge in [-0.3, -0.25) is 4.79 Å². The highest BCUT2D eigenvalue weighted by atomic mass is 19.2. The molecule has 1 heterocycles. The lowest BCUT2D eigenvalue weighted by molar-refractivity contribution is 0.102. The average molecular weight is 340 g/mol. The van der Waals surface area contributed by atoms with Gasteiger partial charge in [-0.25, -0.2) is 18.7 Å². The zero-order valence-corrected chi connectivity index (χ0v) is 13.3. The molecule has 0 bridgehead atoms. The number of rotatable bonds is 4. The first-order valence-corrected chi connectivity index (χ1v) is 7.44. The Morgan fingerprint density at radius 3 is 2.56 bits per heavy atom. The minimum atomic E-state index is -0.975. The summed E-state index contributed by atoms with van der Waals surface area (Å²) in [5.41, 5.74) is 2.05. The molecule has 5 nitrogen and oxygen atoms in total. The van der Waals surface area contributed by atoms with Crippen LogP contribution in [-0.4, -0.2) is 15.9 Å². The van der Waals surface area contributed by atoms with Gasteiger partial charge in [0.2, 0.25) is 0 Å². The van der Waals surface area contributed by atoms with E-state index in [1.54, 1.807) is 6.07 Å². The van der Waals surface area contributed by atoms with Crippen LogP contribution in [0.15, 0.2) is 54.9 Å². The summed E-state index contributed by atoms with van der Waals surface area (Å²) in [5.74, 6) is -2.02. The number of aromatic nitrogens is 2. The number of amides is 1. The van der Waals surface area contributed by atoms with Crippen molar-refractivity contribution in [2.24, 2.45) is 0 Å². The molecule has 0 aliphatic carbocycles. The highest BCUT2D eigenvalue weighted by Crippen LogP contribution is 2.18. The third kappa shape index (κ3) is 3.95. The van der Waals surface area contributed by atoms with Crippen molar-refractivity contribution in [1.82, 2.24) is 9.97 Å². The molecule has 7 heteroatoms. The van der Waals surface area contributed by atoms with Gasteiger partial charge in [-0.1, -0.05) is 18.2 Å². The van der Waals surface area contributed by atoms with Crippen molar-refractivity contribution in [3.05, 3.63) is 77.8 Å². The van der Waals surface area contributed by atoms with Gasteiger partial charge in [0.25, 0.3) is 5.91 Å². The Hall–Kier alpha value is -3.35. The van der Waals surface area contributed by atoms with Crippen molar-refractivity contribution in [3.8, 4) is 0 Å². The largest absolute Gasteiger partial charge is 0.340 e. The maximum atomic E-state index is 13.3. The second kappa shape index (κ2) is 7.04. The van der Waals surface area contributed by atoms with Gasteiger partial charge in [-0.15, -0.1) is 0 Å². The van der Waals surface area contributed by atoms with E-state index in [9.17, 15) is 13.6 Å². The van der Waals surface area contributed by atoms with Crippen LogP contribution in [0.3, 0.4) is 0 Å². The molecule has 0 fully saturated rings. The molecule has 0 unspecified atom stereocenters. The van der Waals surface area contributed by atoms with Gasteiger partial charge in [0, 0.05) is 23.5 Å². The number of anilines is 3. The molecule has 126 valence electrons. The van der Waals surface area contributed by atoms with E-state index in [1.807, 2.05) is 25.1 Å². The number of hydrogen-bond donors (Lipinski definition) is 2. The van der Waals surface area contributed by atoms with Crippen molar-refractivity contribution in [3.63, 3.8) is 0 Å². The minimum Gasteiger partial charge on any atom is -0.340 e. The van der Waals surface area contributed by atoms with Gasteiger partial charge in [-0.05, 0) is 30.7 Å². The normalized spacial score (nSPS) is 10.4. The molecular weight excluding hydrogens is 326 g/mol. The van der Waals surface area contributed by atoms with Gasteiger partial charge in [-0.2, -0.15) is 0 Å². The average Bonchev–Trinajstić information content (AvgIpc) is 2.60. The van der Waals surface area contributed by atoms with Crippen LogP contribution < -0.4 is 10.6 Å². The quantitative estimate of drug-likeness (QED) is 0.752. The fourth-order valence-electron chi connectivity index (χ4n) is 2.17. The van der Waals surface area contributed by atoms with E-state index < -0.39 is 17.5 Å². The number of aryl methyl sites for hydroxylation is 1. The predicted octanol–water partition coefficient (Wildman–Crippen LogP) is 4.06. The number of carbonyl (C=O) groups excluding carboxylic acids is 1. The highest BCUT2D eigenvalue weighted by Gasteiger charge is 2.11. The minimum absolute atomic E-state index is 0.142. The lowest BCUT2D eigenvalue weighted by Crippen LogP contribution is -2.15. The third-order valence-electron chi connectivity index (χ3n) is 3.48. The smallest absolute Gasteiger partial charge is 0.274 e. The predicted molar refractivity (Wildman–Crippen MR) is 90.8 cm³/mol. The summed E-state index contributed by atoms with van der Waals surface area (Å²) in [4.78, 5) is 20.2. The molecule has 0 aliphatic rings. The van der Waals surface area contributed by atoms with E-state index in [0.29, 0.717) is 11.4 Å². The molecule has 0 aliphatic heterocycles. The first-order chi connectivity index (χ1) is 12.0. The monoisotopic (exact) mass is 340 g/mol. The third-order valence-corrected chi connectivity index (χ3v) is 3.48. The molecule has 0 radical (unpaired) electrons. The number of nitrogens with zero attached hydrogens (tertiary/aromatic N) is 2. The topological polar surface area (TPSA) is 66.9 Å². The summed E-state index contributed by atoms with van der Waals surface area (Å²) in [5, 5.41) is 5.57. The maximum Gasteiger partial charge on any atom is 0.274 e. The standard InChI is InChI=1S/C18H14F2N4O/c1-11-4-2-3-5-15(11)24-18(25)16-9-17(22-10-21-16)23-12-6-7-13(19)14(20)8-12/h2-10H,1H3,(H,24,25)(H,21,22,23). The van der Waals surface area contributed by atoms with Crippen LogP contribution in [0.1, 0.15) is 16.1 Å². The fraction of sp³-hybridized carbons (Fsp3) is 0.0556. The Morgan fingerprint density at radius 2 is 1.80 bits per heavy atom. The SMILES string of the molecule is Cc1ccccc1NC(=O)c1cc(Nc2ccc(F)c(F)c2)ncn1. The molecule has 25 heavy (non-hydrogen) atoms. The van der Waals surface area contributed by atoms with Gasteiger partial charge < -0.3 is 10.6 Å². The fourth-order valence-corrected chi connectivity index (χ4v) is 2.17. The van der Waals surface area contributed by atoms with Crippen molar-refractivity contribution in [1.29, 1.82) is 0 Å². The van der Waals surface area contributed by atoms with Crippen LogP contribution in [-0.2, 0) is 0 Å². The van der Waals surface area contributed by atoms with Crippen LogP contribution in [0.25, 0.3) is 0 Å². The lowest BCUT2D eigenvalue weighted by Gasteiger charge is -2.09. The number of hydrogen-bond acceptors (Lipinski definition) is 4. The Labute approximate surface area is 142 Å².